The smallest absolute Gasteiger partial charge is 0.260 e. The zero-order chi connectivity index (χ0) is 27.0. The van der Waals surface area contributed by atoms with Gasteiger partial charge in [-0.05, 0) is 26.7 Å². The number of ether oxygens (including phenoxy) is 1. The molecule has 0 saturated heterocycles. The predicted molar refractivity (Wildman–Crippen MR) is 160 cm³/mol. The lowest BCUT2D eigenvalue weighted by Crippen LogP contribution is -3.00. The van der Waals surface area contributed by atoms with E-state index in [1.807, 2.05) is 0 Å². The molecule has 224 valence electrons. The van der Waals surface area contributed by atoms with Gasteiger partial charge in [0.1, 0.15) is 0 Å². The van der Waals surface area contributed by atoms with Crippen LogP contribution in [0, 0.1) is 0 Å². The Morgan fingerprint density at radius 2 is 0.892 bits per heavy atom. The van der Waals surface area contributed by atoms with Crippen molar-refractivity contribution in [1.82, 2.24) is 0 Å². The van der Waals surface area contributed by atoms with Crippen LogP contribution in [-0.4, -0.2) is 42.7 Å². The van der Waals surface area contributed by atoms with Crippen LogP contribution in [0.2, 0.25) is 0 Å². The molecule has 0 aliphatic carbocycles. The molecule has 0 aliphatic rings. The van der Waals surface area contributed by atoms with Crippen molar-refractivity contribution >= 4 is 5.78 Å². The van der Waals surface area contributed by atoms with E-state index in [2.05, 4.69) is 41.7 Å². The molecule has 0 aromatic carbocycles. The Morgan fingerprint density at radius 1 is 0.568 bits per heavy atom. The Labute approximate surface area is 240 Å². The summed E-state index contributed by atoms with van der Waals surface area (Å²) in [6, 6.07) is 0. The number of Topliss-reactive ketones (excluding diaryl/α,β-unsaturated/α-hetero) is 1. The van der Waals surface area contributed by atoms with Gasteiger partial charge >= 0.3 is 0 Å². The van der Waals surface area contributed by atoms with E-state index in [-0.39, 0.29) is 12.4 Å². The molecular formula is C33H68ClNO2. The lowest BCUT2D eigenvalue weighted by Gasteiger charge is -2.46. The predicted octanol–water partition coefficient (Wildman–Crippen LogP) is 7.40. The molecule has 0 heterocycles. The molecule has 37 heavy (non-hydrogen) atoms. The first-order chi connectivity index (χ1) is 17.4. The number of carbonyl (C=O) groups is 1. The molecule has 0 rings (SSSR count). The highest BCUT2D eigenvalue weighted by Crippen LogP contribution is 2.28. The monoisotopic (exact) mass is 545 g/mol. The molecule has 0 radical (unpaired) electrons. The van der Waals surface area contributed by atoms with Crippen molar-refractivity contribution in [3.63, 3.8) is 0 Å². The van der Waals surface area contributed by atoms with Gasteiger partial charge in [-0.3, -0.25) is 9.28 Å². The molecule has 0 aliphatic heterocycles. The molecule has 0 aromatic rings. The topological polar surface area (TPSA) is 26.3 Å². The van der Waals surface area contributed by atoms with E-state index in [0.717, 1.165) is 25.9 Å². The molecular weight excluding hydrogens is 478 g/mol. The lowest BCUT2D eigenvalue weighted by atomic mass is 9.98. The fourth-order valence-corrected chi connectivity index (χ4v) is 5.41. The third-order valence-electron chi connectivity index (χ3n) is 8.83. The first kappa shape index (κ1) is 39.0. The number of hydrogen-bond donors (Lipinski definition) is 0. The van der Waals surface area contributed by atoms with Crippen molar-refractivity contribution in [2.45, 2.75) is 182 Å². The van der Waals surface area contributed by atoms with Gasteiger partial charge in [-0.2, -0.15) is 0 Å². The molecule has 0 saturated carbocycles. The maximum absolute atomic E-state index is 13.4. The molecule has 0 fully saturated rings. The average molecular weight is 546 g/mol. The molecule has 0 bridgehead atoms. The van der Waals surface area contributed by atoms with E-state index >= 15 is 0 Å². The Balaban J connectivity index is 0. The molecule has 0 N–H and O–H groups in total. The van der Waals surface area contributed by atoms with E-state index in [9.17, 15) is 4.79 Å². The molecule has 3 nitrogen and oxygen atoms in total. The summed E-state index contributed by atoms with van der Waals surface area (Å²) in [5, 5.41) is 0. The van der Waals surface area contributed by atoms with Crippen LogP contribution in [0.15, 0.2) is 0 Å². The summed E-state index contributed by atoms with van der Waals surface area (Å²) in [6.45, 7) is 13.6. The standard InChI is InChI=1S/C33H68NO2.ClH/c1-7-11-13-15-17-19-20-21-23-25-27-29-31-36-33(5,34(6,9-3)10-4)32(35)30-28-26-24-22-18-16-14-12-8-2;/h7-31H2,1-6H3;1H/q+1;/p-1. The fourth-order valence-electron chi connectivity index (χ4n) is 5.41. The number of unbranched alkanes of at least 4 members (excludes halogenated alkanes) is 19. The highest BCUT2D eigenvalue weighted by atomic mass is 35.5. The maximum Gasteiger partial charge on any atom is 0.260 e. The first-order valence-electron chi connectivity index (χ1n) is 16.4. The molecule has 1 unspecified atom stereocenters. The van der Waals surface area contributed by atoms with Gasteiger partial charge in [-0.1, -0.05) is 136 Å². The van der Waals surface area contributed by atoms with Gasteiger partial charge < -0.3 is 17.1 Å². The zero-order valence-electron chi connectivity index (χ0n) is 26.3. The summed E-state index contributed by atoms with van der Waals surface area (Å²) < 4.78 is 7.17. The highest BCUT2D eigenvalue weighted by molar-refractivity contribution is 5.85. The normalized spacial score (nSPS) is 13.4. The molecule has 4 heteroatoms. The SMILES string of the molecule is CCCCCCCCCCCCCCOC(C)(C(=O)CCCCCCCCCCC)[N+](C)(CC)CC.[Cl-]. The van der Waals surface area contributed by atoms with Crippen molar-refractivity contribution < 1.29 is 26.4 Å². The summed E-state index contributed by atoms with van der Waals surface area (Å²) >= 11 is 0. The van der Waals surface area contributed by atoms with E-state index in [0.29, 0.717) is 23.3 Å². The summed E-state index contributed by atoms with van der Waals surface area (Å²) in [7, 11) is 2.20. The van der Waals surface area contributed by atoms with Gasteiger partial charge in [0.15, 0.2) is 0 Å². The van der Waals surface area contributed by atoms with Crippen LogP contribution in [0.25, 0.3) is 0 Å². The third-order valence-corrected chi connectivity index (χ3v) is 8.83. The van der Waals surface area contributed by atoms with Crippen LogP contribution < -0.4 is 12.4 Å². The van der Waals surface area contributed by atoms with Crippen LogP contribution in [0.4, 0.5) is 0 Å². The van der Waals surface area contributed by atoms with Crippen LogP contribution in [0.5, 0.6) is 0 Å². The largest absolute Gasteiger partial charge is 1.00 e. The second-order valence-electron chi connectivity index (χ2n) is 11.8. The zero-order valence-corrected chi connectivity index (χ0v) is 27.1. The minimum atomic E-state index is -0.707. The summed E-state index contributed by atoms with van der Waals surface area (Å²) in [5.41, 5.74) is -0.707. The Morgan fingerprint density at radius 3 is 1.24 bits per heavy atom. The van der Waals surface area contributed by atoms with Crippen LogP contribution in [0.1, 0.15) is 176 Å². The fraction of sp³-hybridized carbons (Fsp3) is 0.970. The van der Waals surface area contributed by atoms with Crippen LogP contribution >= 0.6 is 0 Å². The van der Waals surface area contributed by atoms with Gasteiger partial charge in [-0.25, -0.2) is 0 Å². The first-order valence-corrected chi connectivity index (χ1v) is 16.4. The minimum Gasteiger partial charge on any atom is -1.00 e. The van der Waals surface area contributed by atoms with Gasteiger partial charge in [-0.15, -0.1) is 0 Å². The molecule has 0 amide bonds. The van der Waals surface area contributed by atoms with E-state index < -0.39 is 5.72 Å². The Hall–Kier alpha value is -0.120. The van der Waals surface area contributed by atoms with Crippen molar-refractivity contribution in [1.29, 1.82) is 0 Å². The van der Waals surface area contributed by atoms with Crippen LogP contribution in [0.3, 0.4) is 0 Å². The molecule has 1 atom stereocenters. The van der Waals surface area contributed by atoms with Crippen molar-refractivity contribution in [3.05, 3.63) is 0 Å². The third kappa shape index (κ3) is 18.0. The van der Waals surface area contributed by atoms with E-state index in [1.165, 1.54) is 122 Å². The second-order valence-corrected chi connectivity index (χ2v) is 11.8. The van der Waals surface area contributed by atoms with E-state index in [4.69, 9.17) is 4.74 Å². The number of hydrogen-bond acceptors (Lipinski definition) is 2. The van der Waals surface area contributed by atoms with Crippen molar-refractivity contribution in [2.75, 3.05) is 26.7 Å². The number of halogens is 1. The van der Waals surface area contributed by atoms with Crippen molar-refractivity contribution in [2.24, 2.45) is 0 Å². The minimum absolute atomic E-state index is 0. The number of quaternary nitrogens is 1. The van der Waals surface area contributed by atoms with Gasteiger partial charge in [0.25, 0.3) is 5.72 Å². The number of nitrogens with zero attached hydrogens (tertiary/aromatic N) is 1. The average Bonchev–Trinajstić information content (AvgIpc) is 2.89. The summed E-state index contributed by atoms with van der Waals surface area (Å²) in [5.74, 6) is 0.315. The maximum atomic E-state index is 13.4. The van der Waals surface area contributed by atoms with Crippen LogP contribution in [-0.2, 0) is 9.53 Å². The number of likely N-dealkylation sites (N-methyl/N-ethyl adjacent to an activating group) is 1. The lowest BCUT2D eigenvalue weighted by molar-refractivity contribution is -0.967. The Bertz CT molecular complexity index is 495. The van der Waals surface area contributed by atoms with Gasteiger partial charge in [0.2, 0.25) is 5.78 Å². The summed E-state index contributed by atoms with van der Waals surface area (Å²) in [6.07, 6.45) is 28.4. The molecule has 0 aromatic heterocycles. The number of rotatable bonds is 28. The Kier molecular flexibility index (Phi) is 27.6. The van der Waals surface area contributed by atoms with Crippen molar-refractivity contribution in [3.8, 4) is 0 Å². The van der Waals surface area contributed by atoms with E-state index in [1.54, 1.807) is 0 Å². The van der Waals surface area contributed by atoms with Gasteiger partial charge in [0, 0.05) is 13.3 Å². The summed E-state index contributed by atoms with van der Waals surface area (Å²) in [4.78, 5) is 13.4. The van der Waals surface area contributed by atoms with Gasteiger partial charge in [0.05, 0.1) is 26.7 Å². The second kappa shape index (κ2) is 26.1. The number of carbonyl (C=O) groups excluding carboxylic acids is 1. The number of ketones is 1. The molecule has 0 spiro atoms. The quantitative estimate of drug-likeness (QED) is 0.0581. The highest BCUT2D eigenvalue weighted by Gasteiger charge is 2.49.